The number of amides is 2. The van der Waals surface area contributed by atoms with Crippen molar-refractivity contribution in [3.8, 4) is 0 Å². The molecule has 1 N–H and O–H groups in total. The van der Waals surface area contributed by atoms with Gasteiger partial charge in [-0.05, 0) is 12.8 Å². The molecule has 2 saturated carbocycles. The van der Waals surface area contributed by atoms with E-state index in [0.717, 1.165) is 12.8 Å². The van der Waals surface area contributed by atoms with Crippen LogP contribution in [-0.4, -0.2) is 52.5 Å². The Morgan fingerprint density at radius 1 is 1.20 bits per heavy atom. The molecule has 7 heteroatoms. The van der Waals surface area contributed by atoms with Gasteiger partial charge < -0.3 is 5.32 Å². The summed E-state index contributed by atoms with van der Waals surface area (Å²) >= 11 is 1.42. The zero-order chi connectivity index (χ0) is 18.6. The lowest BCUT2D eigenvalue weighted by Gasteiger charge is -2.54. The topological polar surface area (TPSA) is 66.5 Å². The van der Waals surface area contributed by atoms with E-state index in [2.05, 4.69) is 19.2 Å². The quantitative estimate of drug-likeness (QED) is 0.597. The van der Waals surface area contributed by atoms with Gasteiger partial charge in [0.2, 0.25) is 11.8 Å². The third-order valence-corrected chi connectivity index (χ3v) is 8.20. The Morgan fingerprint density at radius 3 is 2.12 bits per heavy atom. The second-order valence-corrected chi connectivity index (χ2v) is 10.8. The molecular formula is C18H27BN2O3S. The van der Waals surface area contributed by atoms with Gasteiger partial charge in [0, 0.05) is 34.7 Å². The largest absolute Gasteiger partial charge is 0.310 e. The highest BCUT2D eigenvalue weighted by Gasteiger charge is 2.86. The maximum absolute atomic E-state index is 13.9. The second kappa shape index (κ2) is 4.72. The first-order valence-corrected chi connectivity index (χ1v) is 10.4. The first-order valence-electron chi connectivity index (χ1n) is 9.16. The minimum Gasteiger partial charge on any atom is -0.310 e. The van der Waals surface area contributed by atoms with E-state index >= 15 is 0 Å². The van der Waals surface area contributed by atoms with E-state index in [1.165, 1.54) is 16.5 Å². The summed E-state index contributed by atoms with van der Waals surface area (Å²) in [5.41, 5.74) is -2.35. The fourth-order valence-electron chi connectivity index (χ4n) is 5.73. The fraction of sp³-hybridized carbons (Fsp3) is 0.833. The van der Waals surface area contributed by atoms with Crippen LogP contribution in [0.25, 0.3) is 0 Å². The van der Waals surface area contributed by atoms with E-state index in [-0.39, 0.29) is 52.2 Å². The summed E-state index contributed by atoms with van der Waals surface area (Å²) in [6, 6.07) is 0.432. The van der Waals surface area contributed by atoms with Gasteiger partial charge in [0.05, 0.1) is 5.25 Å². The zero-order valence-electron chi connectivity index (χ0n) is 15.9. The minimum absolute atomic E-state index is 0.0555. The van der Waals surface area contributed by atoms with Crippen LogP contribution in [0.2, 0.25) is 0 Å². The molecule has 2 amide bonds. The van der Waals surface area contributed by atoms with Crippen LogP contribution in [0.3, 0.4) is 0 Å². The third-order valence-electron chi connectivity index (χ3n) is 7.26. The summed E-state index contributed by atoms with van der Waals surface area (Å²) in [5, 5.41) is 3.29. The van der Waals surface area contributed by atoms with Gasteiger partial charge in [-0.15, -0.1) is 0 Å². The van der Waals surface area contributed by atoms with E-state index in [9.17, 15) is 14.4 Å². The maximum Gasteiger partial charge on any atom is 0.242 e. The normalized spacial score (nSPS) is 48.2. The van der Waals surface area contributed by atoms with Crippen LogP contribution in [0.5, 0.6) is 0 Å². The summed E-state index contributed by atoms with van der Waals surface area (Å²) in [7, 11) is 1.86. The van der Waals surface area contributed by atoms with Crippen LogP contribution in [0.1, 0.15) is 53.9 Å². The van der Waals surface area contributed by atoms with Gasteiger partial charge in [0.25, 0.3) is 0 Å². The number of carbonyl (C=O) groups is 3. The Bertz CT molecular complexity index is 683. The van der Waals surface area contributed by atoms with Gasteiger partial charge in [-0.25, -0.2) is 11.6 Å². The van der Waals surface area contributed by atoms with E-state index in [1.54, 1.807) is 0 Å². The number of rotatable bonds is 3. The number of hydrogen-bond acceptors (Lipinski definition) is 5. The Balaban J connectivity index is 1.94. The van der Waals surface area contributed by atoms with Gasteiger partial charge in [-0.1, -0.05) is 34.6 Å². The lowest BCUT2D eigenvalue weighted by atomic mass is 9.59. The Hall–Kier alpha value is -0.815. The molecule has 4 aliphatic rings. The number of carbonyl (C=O) groups excluding carboxylic acids is 3. The SMILES string of the molecule is BSC1CC(=O)N(C2(C(=O)C(C)(C)C)C3(C)CC3NC3CC32C)C1=O. The first-order chi connectivity index (χ1) is 11.4. The van der Waals surface area contributed by atoms with Crippen LogP contribution < -0.4 is 5.32 Å². The molecule has 0 radical (unpaired) electrons. The molecule has 0 spiro atoms. The van der Waals surface area contributed by atoms with Gasteiger partial charge in [0.15, 0.2) is 12.9 Å². The highest BCUT2D eigenvalue weighted by atomic mass is 32.2. The molecule has 5 unspecified atom stereocenters. The van der Waals surface area contributed by atoms with E-state index in [1.807, 2.05) is 27.9 Å². The van der Waals surface area contributed by atoms with Crippen LogP contribution in [0, 0.1) is 16.2 Å². The molecule has 2 heterocycles. The number of imide groups is 1. The smallest absolute Gasteiger partial charge is 0.242 e. The molecule has 5 atom stereocenters. The number of piperidine rings is 1. The monoisotopic (exact) mass is 362 g/mol. The lowest BCUT2D eigenvalue weighted by Crippen LogP contribution is -2.72. The molecule has 0 aromatic heterocycles. The maximum atomic E-state index is 13.9. The molecule has 2 aliphatic carbocycles. The number of hydrogen-bond donors (Lipinski definition) is 1. The molecule has 136 valence electrons. The Labute approximate surface area is 154 Å². The number of nitrogens with one attached hydrogen (secondary N) is 1. The second-order valence-electron chi connectivity index (χ2n) is 9.80. The van der Waals surface area contributed by atoms with Crippen molar-refractivity contribution in [2.24, 2.45) is 16.2 Å². The minimum atomic E-state index is -1.02. The van der Waals surface area contributed by atoms with Crippen molar-refractivity contribution < 1.29 is 14.4 Å². The standard InChI is InChI=1S/C18H27BN2O3S/c1-15(2,3)14(24)18(21-12(22)6-9(25-19)13(21)23)16(4)7-10(16)20-11-8-17(11,18)5/h9-11,20H,6-8,19H2,1-5H3. The highest BCUT2D eigenvalue weighted by Crippen LogP contribution is 2.75. The predicted octanol–water partition coefficient (Wildman–Crippen LogP) is 0.910. The number of Topliss-reactive ketones (excluding diaryl/α,β-unsaturated/α-hetero) is 1. The number of likely N-dealkylation sites (tertiary alicyclic amines) is 1. The van der Waals surface area contributed by atoms with Crippen molar-refractivity contribution in [2.75, 3.05) is 0 Å². The van der Waals surface area contributed by atoms with Crippen LogP contribution in [0.15, 0.2) is 0 Å². The molecule has 0 aromatic carbocycles. The summed E-state index contributed by atoms with van der Waals surface area (Å²) in [6.07, 6.45) is 1.91. The molecule has 2 aliphatic heterocycles. The van der Waals surface area contributed by atoms with Gasteiger partial charge in [-0.2, -0.15) is 0 Å². The van der Waals surface area contributed by atoms with Crippen molar-refractivity contribution in [3.63, 3.8) is 0 Å². The summed E-state index contributed by atoms with van der Waals surface area (Å²) in [6.45, 7) is 9.94. The van der Waals surface area contributed by atoms with Crippen molar-refractivity contribution in [3.05, 3.63) is 0 Å². The van der Waals surface area contributed by atoms with Gasteiger partial charge in [-0.3, -0.25) is 19.3 Å². The van der Waals surface area contributed by atoms with Crippen LogP contribution >= 0.6 is 11.6 Å². The first kappa shape index (κ1) is 17.6. The number of nitrogens with zero attached hydrogens (tertiary/aromatic N) is 1. The van der Waals surface area contributed by atoms with Crippen LogP contribution in [0.4, 0.5) is 0 Å². The molecule has 4 rings (SSSR count). The van der Waals surface area contributed by atoms with Gasteiger partial charge in [0.1, 0.15) is 5.54 Å². The van der Waals surface area contributed by atoms with Crippen molar-refractivity contribution in [2.45, 2.75) is 76.8 Å². The zero-order valence-corrected chi connectivity index (χ0v) is 16.8. The van der Waals surface area contributed by atoms with Crippen molar-refractivity contribution in [1.82, 2.24) is 10.2 Å². The molecule has 2 saturated heterocycles. The van der Waals surface area contributed by atoms with E-state index in [0.29, 0.717) is 0 Å². The number of fused-ring (bicyclic) bond motifs is 2. The predicted molar refractivity (Wildman–Crippen MR) is 99.7 cm³/mol. The molecule has 25 heavy (non-hydrogen) atoms. The van der Waals surface area contributed by atoms with E-state index in [4.69, 9.17) is 0 Å². The van der Waals surface area contributed by atoms with Crippen molar-refractivity contribution in [1.29, 1.82) is 0 Å². The van der Waals surface area contributed by atoms with E-state index < -0.39 is 11.0 Å². The number of ketones is 1. The lowest BCUT2D eigenvalue weighted by molar-refractivity contribution is -0.169. The molecule has 0 bridgehead atoms. The third kappa shape index (κ3) is 1.84. The molecule has 0 aromatic rings. The molecule has 4 fully saturated rings. The Morgan fingerprint density at radius 2 is 1.72 bits per heavy atom. The molecule has 5 nitrogen and oxygen atoms in total. The summed E-state index contributed by atoms with van der Waals surface area (Å²) in [5.74, 6) is -0.265. The van der Waals surface area contributed by atoms with Crippen LogP contribution in [-0.2, 0) is 14.4 Å². The van der Waals surface area contributed by atoms with Crippen molar-refractivity contribution >= 4 is 36.3 Å². The fourth-order valence-corrected chi connectivity index (χ4v) is 6.34. The average Bonchev–Trinajstić information content (AvgIpc) is 3.33. The molecular weight excluding hydrogens is 335 g/mol. The van der Waals surface area contributed by atoms with Gasteiger partial charge >= 0.3 is 0 Å². The Kier molecular flexibility index (Phi) is 3.32. The summed E-state index contributed by atoms with van der Waals surface area (Å²) < 4.78 is 0. The average molecular weight is 362 g/mol. The summed E-state index contributed by atoms with van der Waals surface area (Å²) in [4.78, 5) is 41.6. The highest BCUT2D eigenvalue weighted by molar-refractivity contribution is 8.20.